The summed E-state index contributed by atoms with van der Waals surface area (Å²) in [5.74, 6) is -2.00. The molecule has 1 aromatic carbocycles. The predicted molar refractivity (Wildman–Crippen MR) is 85.2 cm³/mol. The number of rotatable bonds is 3. The maximum atomic E-state index is 13.8. The topological polar surface area (TPSA) is 66.9 Å². The van der Waals surface area contributed by atoms with Crippen molar-refractivity contribution in [2.24, 2.45) is 5.92 Å². The second-order valence-corrected chi connectivity index (χ2v) is 8.10. The van der Waals surface area contributed by atoms with Crippen LogP contribution in [0.4, 0.5) is 8.78 Å². The third-order valence-corrected chi connectivity index (χ3v) is 6.56. The average Bonchev–Trinajstić information content (AvgIpc) is 2.61. The highest BCUT2D eigenvalue weighted by atomic mass is 32.2. The SMILES string of the molecule is O=C(C1CCOCC1)N1CCN(S(=O)(=O)c2ccc(F)cc2F)CC1. The summed E-state index contributed by atoms with van der Waals surface area (Å²) in [4.78, 5) is 13.6. The van der Waals surface area contributed by atoms with Crippen LogP contribution in [0.25, 0.3) is 0 Å². The Hall–Kier alpha value is -1.58. The van der Waals surface area contributed by atoms with Gasteiger partial charge in [0.15, 0.2) is 0 Å². The zero-order valence-corrected chi connectivity index (χ0v) is 14.5. The van der Waals surface area contributed by atoms with Gasteiger partial charge < -0.3 is 9.64 Å². The Morgan fingerprint density at radius 2 is 1.72 bits per heavy atom. The second-order valence-electron chi connectivity index (χ2n) is 6.19. The van der Waals surface area contributed by atoms with Crippen LogP contribution >= 0.6 is 0 Å². The van der Waals surface area contributed by atoms with Crippen LogP contribution in [-0.2, 0) is 19.6 Å². The van der Waals surface area contributed by atoms with Crippen LogP contribution in [0.5, 0.6) is 0 Å². The van der Waals surface area contributed by atoms with Crippen molar-refractivity contribution in [3.05, 3.63) is 29.8 Å². The molecule has 1 amide bonds. The monoisotopic (exact) mass is 374 g/mol. The van der Waals surface area contributed by atoms with Gasteiger partial charge in [-0.2, -0.15) is 4.31 Å². The van der Waals surface area contributed by atoms with Crippen LogP contribution in [0.1, 0.15) is 12.8 Å². The third kappa shape index (κ3) is 3.83. The van der Waals surface area contributed by atoms with Crippen molar-refractivity contribution in [2.75, 3.05) is 39.4 Å². The van der Waals surface area contributed by atoms with Crippen LogP contribution in [0.2, 0.25) is 0 Å². The summed E-state index contributed by atoms with van der Waals surface area (Å²) in [6.07, 6.45) is 1.36. The molecule has 25 heavy (non-hydrogen) atoms. The molecule has 0 bridgehead atoms. The summed E-state index contributed by atoms with van der Waals surface area (Å²) < 4.78 is 58.3. The lowest BCUT2D eigenvalue weighted by molar-refractivity contribution is -0.139. The van der Waals surface area contributed by atoms with Crippen molar-refractivity contribution in [1.29, 1.82) is 0 Å². The zero-order valence-electron chi connectivity index (χ0n) is 13.7. The molecule has 0 N–H and O–H groups in total. The maximum absolute atomic E-state index is 13.8. The summed E-state index contributed by atoms with van der Waals surface area (Å²) >= 11 is 0. The molecule has 2 aliphatic heterocycles. The Morgan fingerprint density at radius 1 is 1.08 bits per heavy atom. The molecule has 9 heteroatoms. The molecule has 2 saturated heterocycles. The number of hydrogen-bond acceptors (Lipinski definition) is 4. The van der Waals surface area contributed by atoms with E-state index in [1.165, 1.54) is 0 Å². The molecule has 1 aromatic rings. The molecule has 0 atom stereocenters. The molecule has 2 fully saturated rings. The van der Waals surface area contributed by atoms with Crippen LogP contribution < -0.4 is 0 Å². The van der Waals surface area contributed by atoms with Crippen LogP contribution in [0.3, 0.4) is 0 Å². The smallest absolute Gasteiger partial charge is 0.246 e. The number of nitrogens with zero attached hydrogens (tertiary/aromatic N) is 2. The van der Waals surface area contributed by atoms with Gasteiger partial charge in [0.05, 0.1) is 0 Å². The van der Waals surface area contributed by atoms with Gasteiger partial charge in [-0.15, -0.1) is 0 Å². The molecule has 0 saturated carbocycles. The van der Waals surface area contributed by atoms with Crippen molar-refractivity contribution in [3.63, 3.8) is 0 Å². The van der Waals surface area contributed by atoms with E-state index < -0.39 is 26.6 Å². The summed E-state index contributed by atoms with van der Waals surface area (Å²) in [7, 11) is -4.05. The van der Waals surface area contributed by atoms with E-state index in [9.17, 15) is 22.0 Å². The molecule has 0 radical (unpaired) electrons. The van der Waals surface area contributed by atoms with E-state index in [1.54, 1.807) is 4.90 Å². The fraction of sp³-hybridized carbons (Fsp3) is 0.562. The molecule has 138 valence electrons. The number of halogens is 2. The van der Waals surface area contributed by atoms with E-state index in [1.807, 2.05) is 0 Å². The Bertz CT molecular complexity index is 743. The molecule has 2 heterocycles. The number of piperazine rings is 1. The van der Waals surface area contributed by atoms with Crippen molar-refractivity contribution in [1.82, 2.24) is 9.21 Å². The minimum atomic E-state index is -4.05. The third-order valence-electron chi connectivity index (χ3n) is 4.63. The fourth-order valence-electron chi connectivity index (χ4n) is 3.18. The molecular weight excluding hydrogens is 354 g/mol. The van der Waals surface area contributed by atoms with Gasteiger partial charge in [0.1, 0.15) is 16.5 Å². The van der Waals surface area contributed by atoms with Gasteiger partial charge in [0, 0.05) is 51.4 Å². The fourth-order valence-corrected chi connectivity index (χ4v) is 4.64. The van der Waals surface area contributed by atoms with Gasteiger partial charge in [-0.1, -0.05) is 0 Å². The normalized spacial score (nSPS) is 20.6. The molecule has 0 aromatic heterocycles. The molecule has 0 aliphatic carbocycles. The van der Waals surface area contributed by atoms with Gasteiger partial charge in [-0.05, 0) is 25.0 Å². The lowest BCUT2D eigenvalue weighted by Gasteiger charge is -2.36. The molecule has 6 nitrogen and oxygen atoms in total. The lowest BCUT2D eigenvalue weighted by Crippen LogP contribution is -2.52. The summed E-state index contributed by atoms with van der Waals surface area (Å²) in [6.45, 7) is 1.84. The lowest BCUT2D eigenvalue weighted by atomic mass is 9.98. The first-order valence-corrected chi connectivity index (χ1v) is 9.65. The van der Waals surface area contributed by atoms with Crippen molar-refractivity contribution < 1.29 is 26.7 Å². The van der Waals surface area contributed by atoms with E-state index >= 15 is 0 Å². The largest absolute Gasteiger partial charge is 0.381 e. The average molecular weight is 374 g/mol. The van der Waals surface area contributed by atoms with Gasteiger partial charge >= 0.3 is 0 Å². The minimum Gasteiger partial charge on any atom is -0.381 e. The molecular formula is C16H20F2N2O4S. The predicted octanol–water partition coefficient (Wildman–Crippen LogP) is 1.22. The summed E-state index contributed by atoms with van der Waals surface area (Å²) in [5, 5.41) is 0. The Balaban J connectivity index is 1.66. The van der Waals surface area contributed by atoms with Crippen molar-refractivity contribution >= 4 is 15.9 Å². The number of carbonyl (C=O) groups is 1. The van der Waals surface area contributed by atoms with Gasteiger partial charge in [0.25, 0.3) is 0 Å². The molecule has 3 rings (SSSR count). The van der Waals surface area contributed by atoms with E-state index in [0.29, 0.717) is 32.1 Å². The number of carbonyl (C=O) groups excluding carboxylic acids is 1. The molecule has 0 unspecified atom stereocenters. The van der Waals surface area contributed by atoms with E-state index in [-0.39, 0.29) is 38.0 Å². The van der Waals surface area contributed by atoms with Gasteiger partial charge in [-0.3, -0.25) is 4.79 Å². The zero-order chi connectivity index (χ0) is 18.0. The quantitative estimate of drug-likeness (QED) is 0.798. The molecule has 0 spiro atoms. The number of sulfonamides is 1. The number of amides is 1. The first kappa shape index (κ1) is 18.2. The van der Waals surface area contributed by atoms with E-state index in [2.05, 4.69) is 0 Å². The second kappa shape index (κ2) is 7.35. The standard InChI is InChI=1S/C16H20F2N2O4S/c17-13-1-2-15(14(18)11-13)25(22,23)20-7-5-19(6-8-20)16(21)12-3-9-24-10-4-12/h1-2,11-12H,3-10H2. The first-order chi connectivity index (χ1) is 11.9. The van der Waals surface area contributed by atoms with E-state index in [0.717, 1.165) is 16.4 Å². The highest BCUT2D eigenvalue weighted by molar-refractivity contribution is 7.89. The number of ether oxygens (including phenoxy) is 1. The van der Waals surface area contributed by atoms with Crippen molar-refractivity contribution in [2.45, 2.75) is 17.7 Å². The Kier molecular flexibility index (Phi) is 5.35. The van der Waals surface area contributed by atoms with Crippen LogP contribution in [0, 0.1) is 17.6 Å². The number of benzene rings is 1. The maximum Gasteiger partial charge on any atom is 0.246 e. The Morgan fingerprint density at radius 3 is 2.32 bits per heavy atom. The van der Waals surface area contributed by atoms with Crippen molar-refractivity contribution in [3.8, 4) is 0 Å². The van der Waals surface area contributed by atoms with Crippen LogP contribution in [0.15, 0.2) is 23.1 Å². The minimum absolute atomic E-state index is 0.0216. The highest BCUT2D eigenvalue weighted by Crippen LogP contribution is 2.23. The van der Waals surface area contributed by atoms with E-state index in [4.69, 9.17) is 4.74 Å². The summed E-state index contributed by atoms with van der Waals surface area (Å²) in [6, 6.07) is 2.40. The number of hydrogen-bond donors (Lipinski definition) is 0. The molecule has 2 aliphatic rings. The van der Waals surface area contributed by atoms with Gasteiger partial charge in [0.2, 0.25) is 15.9 Å². The van der Waals surface area contributed by atoms with Gasteiger partial charge in [-0.25, -0.2) is 17.2 Å². The summed E-state index contributed by atoms with van der Waals surface area (Å²) in [5.41, 5.74) is 0. The van der Waals surface area contributed by atoms with Crippen LogP contribution in [-0.4, -0.2) is 62.9 Å². The Labute approximate surface area is 145 Å². The first-order valence-electron chi connectivity index (χ1n) is 8.21. The highest BCUT2D eigenvalue weighted by Gasteiger charge is 2.34.